The summed E-state index contributed by atoms with van der Waals surface area (Å²) in [6.07, 6.45) is 4.26. The van der Waals surface area contributed by atoms with Gasteiger partial charge in [0.2, 0.25) is 0 Å². The summed E-state index contributed by atoms with van der Waals surface area (Å²) in [6.45, 7) is 4.30. The van der Waals surface area contributed by atoms with Gasteiger partial charge in [-0.3, -0.25) is 0 Å². The first-order valence-corrected chi connectivity index (χ1v) is 7.42. The second-order valence-corrected chi connectivity index (χ2v) is 6.62. The zero-order valence-corrected chi connectivity index (χ0v) is 12.2. The molecule has 1 aromatic carbocycles. The lowest BCUT2D eigenvalue weighted by molar-refractivity contribution is 0.359. The zero-order chi connectivity index (χ0) is 12.9. The highest BCUT2D eigenvalue weighted by atomic mass is 35.5. The van der Waals surface area contributed by atoms with Crippen LogP contribution in [0.2, 0.25) is 5.02 Å². The van der Waals surface area contributed by atoms with E-state index in [0.29, 0.717) is 6.04 Å². The van der Waals surface area contributed by atoms with Crippen LogP contribution in [0.4, 0.5) is 0 Å². The van der Waals surface area contributed by atoms with Gasteiger partial charge >= 0.3 is 0 Å². The Bertz CT molecular complexity index is 458. The molecule has 1 N–H and O–H groups in total. The van der Waals surface area contributed by atoms with Crippen LogP contribution in [0.25, 0.3) is 0 Å². The van der Waals surface area contributed by atoms with Crippen LogP contribution in [-0.2, 0) is 0 Å². The maximum Gasteiger partial charge on any atom is 0.0456 e. The van der Waals surface area contributed by atoms with Crippen molar-refractivity contribution in [2.24, 2.45) is 17.8 Å². The minimum Gasteiger partial charge on any atom is -0.313 e. The Kier molecular flexibility index (Phi) is 3.15. The van der Waals surface area contributed by atoms with E-state index in [-0.39, 0.29) is 0 Å². The number of hydrogen-bond donors (Lipinski definition) is 1. The summed E-state index contributed by atoms with van der Waals surface area (Å²) in [5.74, 6) is 2.82. The minimum atomic E-state index is 0.435. The van der Waals surface area contributed by atoms with E-state index in [1.54, 1.807) is 0 Å². The average molecular weight is 264 g/mol. The van der Waals surface area contributed by atoms with E-state index in [2.05, 4.69) is 38.3 Å². The fraction of sp³-hybridized carbons (Fsp3) is 0.625. The number of nitrogens with one attached hydrogen (secondary N) is 1. The SMILES string of the molecule is CNC(c1cc(C)c(C)cc1Cl)C1CC2CC2C1. The van der Waals surface area contributed by atoms with Gasteiger partial charge in [0.05, 0.1) is 0 Å². The second-order valence-electron chi connectivity index (χ2n) is 6.21. The van der Waals surface area contributed by atoms with Crippen LogP contribution in [0.1, 0.15) is 42.0 Å². The lowest BCUT2D eigenvalue weighted by Gasteiger charge is -2.26. The largest absolute Gasteiger partial charge is 0.313 e. The molecule has 2 aliphatic carbocycles. The molecule has 0 radical (unpaired) electrons. The molecule has 0 aliphatic heterocycles. The molecule has 0 aromatic heterocycles. The van der Waals surface area contributed by atoms with Gasteiger partial charge in [0.1, 0.15) is 0 Å². The van der Waals surface area contributed by atoms with Crippen molar-refractivity contribution in [3.8, 4) is 0 Å². The molecule has 2 heteroatoms. The molecule has 18 heavy (non-hydrogen) atoms. The van der Waals surface area contributed by atoms with Crippen molar-refractivity contribution < 1.29 is 0 Å². The smallest absolute Gasteiger partial charge is 0.0456 e. The number of hydrogen-bond acceptors (Lipinski definition) is 1. The van der Waals surface area contributed by atoms with Crippen molar-refractivity contribution in [2.75, 3.05) is 7.05 Å². The lowest BCUT2D eigenvalue weighted by Crippen LogP contribution is -2.25. The summed E-state index contributed by atoms with van der Waals surface area (Å²) in [4.78, 5) is 0. The Morgan fingerprint density at radius 2 is 1.72 bits per heavy atom. The zero-order valence-electron chi connectivity index (χ0n) is 11.5. The Morgan fingerprint density at radius 3 is 2.33 bits per heavy atom. The highest BCUT2D eigenvalue weighted by molar-refractivity contribution is 6.31. The van der Waals surface area contributed by atoms with E-state index in [0.717, 1.165) is 22.8 Å². The third kappa shape index (κ3) is 2.08. The second kappa shape index (κ2) is 4.54. The maximum atomic E-state index is 6.46. The minimum absolute atomic E-state index is 0.435. The molecule has 3 unspecified atom stereocenters. The molecule has 0 amide bonds. The quantitative estimate of drug-likeness (QED) is 0.859. The van der Waals surface area contributed by atoms with Crippen molar-refractivity contribution >= 4 is 11.6 Å². The van der Waals surface area contributed by atoms with E-state index in [9.17, 15) is 0 Å². The van der Waals surface area contributed by atoms with E-state index >= 15 is 0 Å². The molecule has 2 fully saturated rings. The van der Waals surface area contributed by atoms with Crippen LogP contribution in [0, 0.1) is 31.6 Å². The van der Waals surface area contributed by atoms with Crippen molar-refractivity contribution in [1.29, 1.82) is 0 Å². The molecule has 2 aliphatic rings. The molecule has 3 atom stereocenters. The van der Waals surface area contributed by atoms with Crippen LogP contribution in [-0.4, -0.2) is 7.05 Å². The Balaban J connectivity index is 1.88. The Morgan fingerprint density at radius 1 is 1.11 bits per heavy atom. The maximum absolute atomic E-state index is 6.46. The van der Waals surface area contributed by atoms with Gasteiger partial charge < -0.3 is 5.32 Å². The van der Waals surface area contributed by atoms with Gasteiger partial charge in [-0.25, -0.2) is 0 Å². The first kappa shape index (κ1) is 12.5. The first-order valence-electron chi connectivity index (χ1n) is 7.04. The van der Waals surface area contributed by atoms with E-state index in [4.69, 9.17) is 11.6 Å². The highest BCUT2D eigenvalue weighted by Gasteiger charge is 2.48. The van der Waals surface area contributed by atoms with E-state index in [1.807, 2.05) is 0 Å². The van der Waals surface area contributed by atoms with E-state index < -0.39 is 0 Å². The molecule has 0 saturated heterocycles. The summed E-state index contributed by atoms with van der Waals surface area (Å²) in [5.41, 5.74) is 3.93. The lowest BCUT2D eigenvalue weighted by atomic mass is 9.88. The van der Waals surface area contributed by atoms with Crippen LogP contribution >= 0.6 is 11.6 Å². The molecule has 3 rings (SSSR count). The molecule has 2 saturated carbocycles. The molecule has 0 heterocycles. The number of rotatable bonds is 3. The van der Waals surface area contributed by atoms with Crippen molar-refractivity contribution in [3.63, 3.8) is 0 Å². The van der Waals surface area contributed by atoms with Crippen LogP contribution < -0.4 is 5.32 Å². The molecule has 0 spiro atoms. The van der Waals surface area contributed by atoms with Crippen molar-refractivity contribution in [1.82, 2.24) is 5.32 Å². The summed E-state index contributed by atoms with van der Waals surface area (Å²) in [6, 6.07) is 4.83. The number of aryl methyl sites for hydroxylation is 2. The van der Waals surface area contributed by atoms with Gasteiger partial charge in [0.15, 0.2) is 0 Å². The van der Waals surface area contributed by atoms with Gasteiger partial charge in [-0.2, -0.15) is 0 Å². The molecular formula is C16H22ClN. The third-order valence-corrected chi connectivity index (χ3v) is 5.34. The summed E-state index contributed by atoms with van der Waals surface area (Å²) < 4.78 is 0. The summed E-state index contributed by atoms with van der Waals surface area (Å²) >= 11 is 6.46. The molecule has 98 valence electrons. The fourth-order valence-electron chi connectivity index (χ4n) is 3.72. The van der Waals surface area contributed by atoms with Crippen molar-refractivity contribution in [3.05, 3.63) is 33.8 Å². The number of benzene rings is 1. The van der Waals surface area contributed by atoms with Gasteiger partial charge in [0.25, 0.3) is 0 Å². The predicted octanol–water partition coefficient (Wildman–Crippen LogP) is 4.26. The van der Waals surface area contributed by atoms with E-state index in [1.165, 1.54) is 36.0 Å². The highest BCUT2D eigenvalue weighted by Crippen LogP contribution is 2.57. The standard InChI is InChI=1S/C16H22ClN/c1-9-4-14(15(17)5-10(9)2)16(18-3)13-7-11-6-12(11)8-13/h4-5,11-13,16,18H,6-8H2,1-3H3. The molecule has 1 nitrogen and oxygen atoms in total. The predicted molar refractivity (Wildman–Crippen MR) is 77.0 cm³/mol. The molecule has 0 bridgehead atoms. The topological polar surface area (TPSA) is 12.0 Å². The average Bonchev–Trinajstić information content (AvgIpc) is 2.94. The van der Waals surface area contributed by atoms with Gasteiger partial charge in [-0.15, -0.1) is 0 Å². The van der Waals surface area contributed by atoms with Crippen LogP contribution in [0.3, 0.4) is 0 Å². The van der Waals surface area contributed by atoms with Crippen molar-refractivity contribution in [2.45, 2.75) is 39.2 Å². The number of halogens is 1. The summed E-state index contributed by atoms with van der Waals surface area (Å²) in [7, 11) is 2.07. The van der Waals surface area contributed by atoms with Gasteiger partial charge in [-0.05, 0) is 80.7 Å². The molecule has 1 aromatic rings. The Labute approximate surface area is 115 Å². The monoisotopic (exact) mass is 263 g/mol. The van der Waals surface area contributed by atoms with Crippen LogP contribution in [0.15, 0.2) is 12.1 Å². The Hall–Kier alpha value is -0.530. The fourth-order valence-corrected chi connectivity index (χ4v) is 4.06. The number of fused-ring (bicyclic) bond motifs is 1. The summed E-state index contributed by atoms with van der Waals surface area (Å²) in [5, 5.41) is 4.43. The first-order chi connectivity index (χ1) is 8.60. The normalized spacial score (nSPS) is 31.2. The third-order valence-electron chi connectivity index (χ3n) is 5.01. The van der Waals surface area contributed by atoms with Crippen LogP contribution in [0.5, 0.6) is 0 Å². The molecular weight excluding hydrogens is 242 g/mol. The van der Waals surface area contributed by atoms with Gasteiger partial charge in [0, 0.05) is 11.1 Å². The van der Waals surface area contributed by atoms with Gasteiger partial charge in [-0.1, -0.05) is 17.7 Å².